The van der Waals surface area contributed by atoms with Crippen LogP contribution in [0.15, 0.2) is 0 Å². The highest BCUT2D eigenvalue weighted by atomic mass is 79.9. The van der Waals surface area contributed by atoms with E-state index in [0.29, 0.717) is 11.5 Å². The summed E-state index contributed by atoms with van der Waals surface area (Å²) in [6.07, 6.45) is 13.5. The number of hydrogen-bond donors (Lipinski definition) is 0. The van der Waals surface area contributed by atoms with Gasteiger partial charge in [-0.15, -0.1) is 0 Å². The summed E-state index contributed by atoms with van der Waals surface area (Å²) < 4.78 is 6.15. The highest BCUT2D eigenvalue weighted by Crippen LogP contribution is 2.55. The maximum Gasteiger partial charge on any atom is 0.0670 e. The first-order valence-corrected chi connectivity index (χ1v) is 8.66. The average Bonchev–Trinajstić information content (AvgIpc) is 3.15. The molecule has 1 aliphatic heterocycles. The van der Waals surface area contributed by atoms with Crippen molar-refractivity contribution >= 4 is 15.9 Å². The lowest BCUT2D eigenvalue weighted by Crippen LogP contribution is -2.41. The van der Waals surface area contributed by atoms with E-state index in [4.69, 9.17) is 4.74 Å². The zero-order valence-corrected chi connectivity index (χ0v) is 12.4. The van der Waals surface area contributed by atoms with Crippen molar-refractivity contribution in [2.75, 3.05) is 11.9 Å². The van der Waals surface area contributed by atoms with E-state index in [1.807, 2.05) is 0 Å². The van der Waals surface area contributed by atoms with Crippen molar-refractivity contribution in [1.29, 1.82) is 0 Å². The first-order valence-electron chi connectivity index (χ1n) is 7.54. The van der Waals surface area contributed by atoms with Gasteiger partial charge >= 0.3 is 0 Å². The number of ether oxygens (including phenoxy) is 1. The average molecular weight is 301 g/mol. The normalized spacial score (nSPS) is 40.4. The van der Waals surface area contributed by atoms with Crippen molar-refractivity contribution in [3.8, 4) is 0 Å². The van der Waals surface area contributed by atoms with Crippen LogP contribution in [0.1, 0.15) is 57.8 Å². The molecule has 98 valence electrons. The first-order chi connectivity index (χ1) is 8.37. The van der Waals surface area contributed by atoms with Gasteiger partial charge in [-0.2, -0.15) is 0 Å². The minimum Gasteiger partial charge on any atom is -0.377 e. The van der Waals surface area contributed by atoms with Crippen LogP contribution in [0.3, 0.4) is 0 Å². The molecule has 1 heterocycles. The maximum absolute atomic E-state index is 6.15. The molecule has 3 rings (SSSR count). The maximum atomic E-state index is 6.15. The molecule has 0 radical (unpaired) electrons. The molecule has 0 aromatic heterocycles. The molecule has 2 heteroatoms. The molecule has 0 bridgehead atoms. The quantitative estimate of drug-likeness (QED) is 0.549. The van der Waals surface area contributed by atoms with E-state index in [1.165, 1.54) is 63.1 Å². The monoisotopic (exact) mass is 300 g/mol. The third kappa shape index (κ3) is 2.32. The van der Waals surface area contributed by atoms with E-state index in [2.05, 4.69) is 15.9 Å². The smallest absolute Gasteiger partial charge is 0.0670 e. The van der Waals surface area contributed by atoms with Crippen LogP contribution in [-0.2, 0) is 4.74 Å². The van der Waals surface area contributed by atoms with Gasteiger partial charge < -0.3 is 4.74 Å². The highest BCUT2D eigenvalue weighted by Gasteiger charge is 2.53. The van der Waals surface area contributed by atoms with Gasteiger partial charge in [0.1, 0.15) is 0 Å². The summed E-state index contributed by atoms with van der Waals surface area (Å²) in [5.74, 6) is 1.83. The van der Waals surface area contributed by atoms with Gasteiger partial charge in [-0.3, -0.25) is 0 Å². The van der Waals surface area contributed by atoms with Gasteiger partial charge in [-0.1, -0.05) is 41.6 Å². The molecular weight excluding hydrogens is 276 g/mol. The number of halogens is 1. The van der Waals surface area contributed by atoms with Gasteiger partial charge in [0.15, 0.2) is 0 Å². The highest BCUT2D eigenvalue weighted by molar-refractivity contribution is 9.09. The molecule has 0 N–H and O–H groups in total. The fraction of sp³-hybridized carbons (Fsp3) is 1.00. The predicted molar refractivity (Wildman–Crippen MR) is 74.5 cm³/mol. The van der Waals surface area contributed by atoms with Gasteiger partial charge in [0.05, 0.1) is 6.10 Å². The molecule has 0 aromatic carbocycles. The fourth-order valence-corrected chi connectivity index (χ4v) is 5.29. The molecule has 2 aliphatic carbocycles. The Bertz CT molecular complexity index is 256. The Morgan fingerprint density at radius 3 is 2.29 bits per heavy atom. The third-order valence-corrected chi connectivity index (χ3v) is 6.44. The zero-order chi connectivity index (χ0) is 11.7. The van der Waals surface area contributed by atoms with Crippen molar-refractivity contribution in [3.63, 3.8) is 0 Å². The van der Waals surface area contributed by atoms with Gasteiger partial charge in [0.25, 0.3) is 0 Å². The number of alkyl halides is 1. The standard InChI is InChI=1S/C15H25BrO/c16-11-15(13-5-3-1-2-4-6-13)9-10-17-14(15)12-7-8-12/h12-14H,1-11H2. The minimum atomic E-state index is 0.492. The minimum absolute atomic E-state index is 0.492. The SMILES string of the molecule is BrCC1(C2CCCCCC2)CCOC1C1CC1. The molecular formula is C15H25BrO. The van der Waals surface area contributed by atoms with E-state index in [9.17, 15) is 0 Å². The van der Waals surface area contributed by atoms with Gasteiger partial charge in [0.2, 0.25) is 0 Å². The Kier molecular flexibility index (Phi) is 3.82. The Hall–Kier alpha value is 0.440. The van der Waals surface area contributed by atoms with Crippen molar-refractivity contribution in [1.82, 2.24) is 0 Å². The summed E-state index contributed by atoms with van der Waals surface area (Å²) in [4.78, 5) is 0. The molecule has 2 unspecified atom stereocenters. The van der Waals surface area contributed by atoms with Crippen LogP contribution >= 0.6 is 15.9 Å². The topological polar surface area (TPSA) is 9.23 Å². The van der Waals surface area contributed by atoms with Crippen LogP contribution in [0.4, 0.5) is 0 Å². The number of rotatable bonds is 3. The van der Waals surface area contributed by atoms with E-state index in [-0.39, 0.29) is 0 Å². The van der Waals surface area contributed by atoms with Crippen LogP contribution in [0.5, 0.6) is 0 Å². The second-order valence-electron chi connectivity index (χ2n) is 6.43. The summed E-state index contributed by atoms with van der Waals surface area (Å²) in [6, 6.07) is 0. The van der Waals surface area contributed by atoms with Crippen LogP contribution < -0.4 is 0 Å². The molecule has 2 saturated carbocycles. The summed E-state index contributed by atoms with van der Waals surface area (Å²) in [5, 5.41) is 1.17. The van der Waals surface area contributed by atoms with Gasteiger partial charge in [0, 0.05) is 17.4 Å². The van der Waals surface area contributed by atoms with Crippen LogP contribution in [0, 0.1) is 17.3 Å². The third-order valence-electron chi connectivity index (χ3n) is 5.40. The van der Waals surface area contributed by atoms with Crippen LogP contribution in [0.25, 0.3) is 0 Å². The summed E-state index contributed by atoms with van der Waals surface area (Å²) in [6.45, 7) is 1.02. The van der Waals surface area contributed by atoms with Crippen molar-refractivity contribution in [2.45, 2.75) is 63.9 Å². The molecule has 3 fully saturated rings. The zero-order valence-electron chi connectivity index (χ0n) is 10.8. The predicted octanol–water partition coefficient (Wildman–Crippen LogP) is 4.54. The summed E-state index contributed by atoms with van der Waals surface area (Å²) in [7, 11) is 0. The van der Waals surface area contributed by atoms with E-state index < -0.39 is 0 Å². The van der Waals surface area contributed by atoms with E-state index >= 15 is 0 Å². The molecule has 3 aliphatic rings. The van der Waals surface area contributed by atoms with E-state index in [1.54, 1.807) is 0 Å². The summed E-state index contributed by atoms with van der Waals surface area (Å²) >= 11 is 3.85. The van der Waals surface area contributed by atoms with Gasteiger partial charge in [-0.25, -0.2) is 0 Å². The second kappa shape index (κ2) is 5.21. The molecule has 0 aromatic rings. The van der Waals surface area contributed by atoms with Crippen molar-refractivity contribution in [2.24, 2.45) is 17.3 Å². The second-order valence-corrected chi connectivity index (χ2v) is 6.99. The Balaban J connectivity index is 1.78. The Labute approximate surface area is 114 Å². The molecule has 0 amide bonds. The number of hydrogen-bond acceptors (Lipinski definition) is 1. The Morgan fingerprint density at radius 1 is 1.00 bits per heavy atom. The lowest BCUT2D eigenvalue weighted by molar-refractivity contribution is 0.00869. The first kappa shape index (κ1) is 12.5. The molecule has 1 nitrogen and oxygen atoms in total. The van der Waals surface area contributed by atoms with E-state index in [0.717, 1.165) is 18.4 Å². The van der Waals surface area contributed by atoms with Crippen LogP contribution in [-0.4, -0.2) is 18.0 Å². The molecule has 2 atom stereocenters. The molecule has 1 saturated heterocycles. The lowest BCUT2D eigenvalue weighted by atomic mass is 9.67. The lowest BCUT2D eigenvalue weighted by Gasteiger charge is -2.40. The van der Waals surface area contributed by atoms with Gasteiger partial charge in [-0.05, 0) is 43.9 Å². The summed E-state index contributed by atoms with van der Waals surface area (Å²) in [5.41, 5.74) is 0.492. The largest absolute Gasteiger partial charge is 0.377 e. The van der Waals surface area contributed by atoms with Crippen LogP contribution in [0.2, 0.25) is 0 Å². The molecule has 0 spiro atoms. The fourth-order valence-electron chi connectivity index (χ4n) is 4.23. The molecule has 17 heavy (non-hydrogen) atoms. The van der Waals surface area contributed by atoms with Crippen molar-refractivity contribution in [3.05, 3.63) is 0 Å². The Morgan fingerprint density at radius 2 is 1.71 bits per heavy atom. The van der Waals surface area contributed by atoms with Crippen molar-refractivity contribution < 1.29 is 4.74 Å².